The number of rotatable bonds is 6. The maximum absolute atomic E-state index is 13.6. The van der Waals surface area contributed by atoms with Gasteiger partial charge in [-0.25, -0.2) is 9.97 Å². The normalized spacial score (nSPS) is 20.3. The van der Waals surface area contributed by atoms with Gasteiger partial charge in [0.25, 0.3) is 11.8 Å². The van der Waals surface area contributed by atoms with Crippen LogP contribution in [0.5, 0.6) is 0 Å². The molecular formula is C31H40N6O5S. The Morgan fingerprint density at radius 3 is 2.42 bits per heavy atom. The number of nitrogens with one attached hydrogen (secondary N) is 3. The van der Waals surface area contributed by atoms with Gasteiger partial charge in [-0.2, -0.15) is 0 Å². The van der Waals surface area contributed by atoms with Gasteiger partial charge in [0.15, 0.2) is 5.69 Å². The first-order valence-electron chi connectivity index (χ1n) is 14.6. The van der Waals surface area contributed by atoms with Crippen molar-refractivity contribution in [3.05, 3.63) is 69.8 Å². The molecule has 2 aromatic heterocycles. The molecule has 3 heterocycles. The summed E-state index contributed by atoms with van der Waals surface area (Å²) in [6.07, 6.45) is 2.54. The SMILES string of the molecule is CC(C)CC(=O)N1CC(=O)N[C@H](Cc2ccccc2)c2nc(cs2)C(=O)N[C@H](C)c2nc(co2)C(=O)N[C@H](CC(C)C)C1. The lowest BCUT2D eigenvalue weighted by molar-refractivity contribution is -0.137. The zero-order valence-electron chi connectivity index (χ0n) is 25.3. The second-order valence-electron chi connectivity index (χ2n) is 11.8. The predicted molar refractivity (Wildman–Crippen MR) is 162 cm³/mol. The van der Waals surface area contributed by atoms with Crippen LogP contribution in [0.1, 0.15) is 97.0 Å². The van der Waals surface area contributed by atoms with Gasteiger partial charge in [-0.1, -0.05) is 58.0 Å². The topological polar surface area (TPSA) is 147 Å². The molecule has 0 fully saturated rings. The summed E-state index contributed by atoms with van der Waals surface area (Å²) in [7, 11) is 0. The Hall–Kier alpha value is -4.06. The van der Waals surface area contributed by atoms with E-state index in [-0.39, 0.29) is 60.4 Å². The molecule has 1 aliphatic heterocycles. The van der Waals surface area contributed by atoms with Crippen LogP contribution < -0.4 is 16.0 Å². The molecule has 0 unspecified atom stereocenters. The minimum Gasteiger partial charge on any atom is -0.446 e. The van der Waals surface area contributed by atoms with Crippen molar-refractivity contribution >= 4 is 35.0 Å². The first-order chi connectivity index (χ1) is 20.5. The number of amides is 4. The van der Waals surface area contributed by atoms with Crippen molar-refractivity contribution in [2.75, 3.05) is 13.1 Å². The Kier molecular flexibility index (Phi) is 10.7. The van der Waals surface area contributed by atoms with Gasteiger partial charge >= 0.3 is 0 Å². The summed E-state index contributed by atoms with van der Waals surface area (Å²) in [5, 5.41) is 11.1. The molecular weight excluding hydrogens is 568 g/mol. The first kappa shape index (κ1) is 31.9. The van der Waals surface area contributed by atoms with Gasteiger partial charge in [-0.15, -0.1) is 11.3 Å². The second kappa shape index (κ2) is 14.4. The average molecular weight is 609 g/mol. The van der Waals surface area contributed by atoms with Crippen molar-refractivity contribution in [2.45, 2.75) is 72.0 Å². The second-order valence-corrected chi connectivity index (χ2v) is 12.7. The minimum atomic E-state index is -0.631. The molecule has 0 aliphatic carbocycles. The number of aromatic nitrogens is 2. The van der Waals surface area contributed by atoms with E-state index in [2.05, 4.69) is 25.9 Å². The highest BCUT2D eigenvalue weighted by atomic mass is 32.1. The molecule has 3 aromatic rings. The van der Waals surface area contributed by atoms with Crippen LogP contribution in [0.4, 0.5) is 0 Å². The van der Waals surface area contributed by atoms with Crippen molar-refractivity contribution in [1.29, 1.82) is 0 Å². The van der Waals surface area contributed by atoms with Crippen LogP contribution in [0.2, 0.25) is 0 Å². The Labute approximate surface area is 255 Å². The number of oxazole rings is 1. The summed E-state index contributed by atoms with van der Waals surface area (Å²) < 4.78 is 5.54. The number of nitrogens with zero attached hydrogens (tertiary/aromatic N) is 3. The van der Waals surface area contributed by atoms with Crippen molar-refractivity contribution in [3.63, 3.8) is 0 Å². The highest BCUT2D eigenvalue weighted by Crippen LogP contribution is 2.24. The molecule has 0 saturated heterocycles. The number of benzene rings is 1. The lowest BCUT2D eigenvalue weighted by atomic mass is 10.0. The quantitative estimate of drug-likeness (QED) is 0.383. The van der Waals surface area contributed by atoms with Crippen molar-refractivity contribution in [2.24, 2.45) is 11.8 Å². The molecule has 43 heavy (non-hydrogen) atoms. The standard InChI is InChI=1S/C31H40N6O5S/c1-18(2)11-22-14-37(27(39)12-19(3)4)15-26(38)34-23(13-21-9-7-6-8-10-21)31-36-25(17-43-31)29(41)32-20(5)30-35-24(16-42-30)28(40)33-22/h6-10,16-20,22-23H,11-15H2,1-5H3,(H,32,41)(H,33,40)(H,34,38)/t20-,22-,23-/m1/s1. The zero-order chi connectivity index (χ0) is 31.1. The van der Waals surface area contributed by atoms with E-state index in [1.54, 1.807) is 12.3 Å². The Balaban J connectivity index is 1.71. The molecule has 0 saturated carbocycles. The Bertz CT molecular complexity index is 1420. The summed E-state index contributed by atoms with van der Waals surface area (Å²) in [5.74, 6) is -0.962. The highest BCUT2D eigenvalue weighted by Gasteiger charge is 2.28. The van der Waals surface area contributed by atoms with E-state index in [9.17, 15) is 19.2 Å². The van der Waals surface area contributed by atoms with Gasteiger partial charge in [0.1, 0.15) is 23.0 Å². The smallest absolute Gasteiger partial charge is 0.273 e. The van der Waals surface area contributed by atoms with Crippen LogP contribution in [0.3, 0.4) is 0 Å². The number of thiazole rings is 1. The van der Waals surface area contributed by atoms with Crippen LogP contribution >= 0.6 is 11.3 Å². The molecule has 11 nitrogen and oxygen atoms in total. The predicted octanol–water partition coefficient (Wildman–Crippen LogP) is 4.05. The van der Waals surface area contributed by atoms with Gasteiger partial charge in [-0.3, -0.25) is 19.2 Å². The van der Waals surface area contributed by atoms with Gasteiger partial charge in [-0.05, 0) is 37.2 Å². The third-order valence-corrected chi connectivity index (χ3v) is 7.90. The number of carbonyl (C=O) groups excluding carboxylic acids is 4. The molecule has 12 heteroatoms. The van der Waals surface area contributed by atoms with Crippen molar-refractivity contribution < 1.29 is 23.6 Å². The largest absolute Gasteiger partial charge is 0.446 e. The maximum atomic E-state index is 13.6. The Morgan fingerprint density at radius 1 is 1.00 bits per heavy atom. The molecule has 3 atom stereocenters. The van der Waals surface area contributed by atoms with Crippen LogP contribution in [-0.2, 0) is 16.0 Å². The van der Waals surface area contributed by atoms with E-state index in [1.807, 2.05) is 58.0 Å². The summed E-state index contributed by atoms with van der Waals surface area (Å²) in [6.45, 7) is 9.62. The van der Waals surface area contributed by atoms with Crippen LogP contribution in [0.25, 0.3) is 0 Å². The number of fused-ring (bicyclic) bond motifs is 4. The number of hydrogen-bond donors (Lipinski definition) is 3. The fourth-order valence-corrected chi connectivity index (χ4v) is 5.79. The van der Waals surface area contributed by atoms with E-state index in [4.69, 9.17) is 4.42 Å². The summed E-state index contributed by atoms with van der Waals surface area (Å²) in [5.41, 5.74) is 1.23. The molecule has 0 spiro atoms. The van der Waals surface area contributed by atoms with Crippen molar-refractivity contribution in [1.82, 2.24) is 30.8 Å². The minimum absolute atomic E-state index is 0.0588. The molecule has 3 N–H and O–H groups in total. The average Bonchev–Trinajstić information content (AvgIpc) is 3.63. The van der Waals surface area contributed by atoms with E-state index >= 15 is 0 Å². The van der Waals surface area contributed by atoms with E-state index in [0.717, 1.165) is 5.56 Å². The molecule has 230 valence electrons. The number of hydrogen-bond acceptors (Lipinski definition) is 8. The lowest BCUT2D eigenvalue weighted by Crippen LogP contribution is -2.50. The summed E-state index contributed by atoms with van der Waals surface area (Å²) >= 11 is 1.27. The summed E-state index contributed by atoms with van der Waals surface area (Å²) in [6, 6.07) is 8.09. The fourth-order valence-electron chi connectivity index (χ4n) is 4.94. The van der Waals surface area contributed by atoms with Gasteiger partial charge in [0.05, 0.1) is 12.6 Å². The van der Waals surface area contributed by atoms with E-state index in [0.29, 0.717) is 17.8 Å². The third kappa shape index (κ3) is 8.96. The van der Waals surface area contributed by atoms with E-state index in [1.165, 1.54) is 22.5 Å². The first-order valence-corrected chi connectivity index (χ1v) is 15.5. The maximum Gasteiger partial charge on any atom is 0.273 e. The van der Waals surface area contributed by atoms with Gasteiger partial charge in [0.2, 0.25) is 17.7 Å². The Morgan fingerprint density at radius 2 is 1.72 bits per heavy atom. The molecule has 4 amide bonds. The lowest BCUT2D eigenvalue weighted by Gasteiger charge is -2.30. The van der Waals surface area contributed by atoms with Gasteiger partial charge in [0, 0.05) is 24.4 Å². The molecule has 1 aromatic carbocycles. The highest BCUT2D eigenvalue weighted by molar-refractivity contribution is 7.09. The number of carbonyl (C=O) groups is 4. The van der Waals surface area contributed by atoms with Crippen LogP contribution in [0, 0.1) is 11.8 Å². The zero-order valence-corrected chi connectivity index (χ0v) is 26.1. The molecule has 1 aliphatic rings. The van der Waals surface area contributed by atoms with Crippen LogP contribution in [-0.4, -0.2) is 57.6 Å². The monoisotopic (exact) mass is 608 g/mol. The molecule has 0 radical (unpaired) electrons. The van der Waals surface area contributed by atoms with Crippen LogP contribution in [0.15, 0.2) is 46.4 Å². The van der Waals surface area contributed by atoms with E-state index < -0.39 is 29.9 Å². The molecule has 4 rings (SSSR count). The summed E-state index contributed by atoms with van der Waals surface area (Å²) in [4.78, 5) is 63.6. The molecule has 4 bridgehead atoms. The fraction of sp³-hybridized carbons (Fsp3) is 0.484. The van der Waals surface area contributed by atoms with Gasteiger partial charge < -0.3 is 25.3 Å². The van der Waals surface area contributed by atoms with Crippen molar-refractivity contribution in [3.8, 4) is 0 Å². The third-order valence-electron chi connectivity index (χ3n) is 6.95.